The number of benzene rings is 1. The molecule has 0 radical (unpaired) electrons. The Morgan fingerprint density at radius 2 is 1.93 bits per heavy atom. The van der Waals surface area contributed by atoms with Gasteiger partial charge in [-0.25, -0.2) is 0 Å². The second-order valence-electron chi connectivity index (χ2n) is 6.43. The second-order valence-corrected chi connectivity index (χ2v) is 6.43. The van der Waals surface area contributed by atoms with Crippen LogP contribution in [0.4, 0.5) is 0 Å². The van der Waals surface area contributed by atoms with Crippen LogP contribution in [-0.2, 0) is 20.8 Å². The van der Waals surface area contributed by atoms with Gasteiger partial charge in [0.1, 0.15) is 18.1 Å². The minimum Gasteiger partial charge on any atom is -0.497 e. The molecule has 0 aromatic heterocycles. The molecule has 3 atom stereocenters. The molecule has 0 aliphatic heterocycles. The second kappa shape index (κ2) is 12.6. The van der Waals surface area contributed by atoms with Gasteiger partial charge in [0.05, 0.1) is 25.9 Å². The quantitative estimate of drug-likeness (QED) is 0.294. The molecule has 0 fully saturated rings. The van der Waals surface area contributed by atoms with Crippen molar-refractivity contribution in [2.45, 2.75) is 44.2 Å². The lowest BCUT2D eigenvalue weighted by Crippen LogP contribution is -2.41. The number of rotatable bonds is 14. The standard InChI is InChI=1S/C21H32O6/c1-5-6-18(22)11-13-21(2,23)20(27-16-24-3)12-14-26-15-17-7-9-19(25-4)10-8-17/h5,7-11,13,18,20,22-23H,1,6,12,14-16H2,2-4H3/b13-11+/t18-,20-,21-/m1/s1. The summed E-state index contributed by atoms with van der Waals surface area (Å²) in [6, 6.07) is 7.65. The summed E-state index contributed by atoms with van der Waals surface area (Å²) in [5.41, 5.74) is -0.242. The molecule has 0 saturated heterocycles. The number of aliphatic hydroxyl groups excluding tert-OH is 1. The number of hydrogen-bond donors (Lipinski definition) is 2. The van der Waals surface area contributed by atoms with Gasteiger partial charge >= 0.3 is 0 Å². The van der Waals surface area contributed by atoms with Crippen molar-refractivity contribution < 1.29 is 29.2 Å². The van der Waals surface area contributed by atoms with E-state index < -0.39 is 17.8 Å². The Bertz CT molecular complexity index is 552. The minimum atomic E-state index is -1.27. The van der Waals surface area contributed by atoms with Gasteiger partial charge in [-0.15, -0.1) is 6.58 Å². The zero-order valence-corrected chi connectivity index (χ0v) is 16.5. The number of hydrogen-bond acceptors (Lipinski definition) is 6. The summed E-state index contributed by atoms with van der Waals surface area (Å²) in [5, 5.41) is 20.5. The Hall–Kier alpha value is -1.70. The van der Waals surface area contributed by atoms with Gasteiger partial charge in [0, 0.05) is 20.1 Å². The Balaban J connectivity index is 2.55. The lowest BCUT2D eigenvalue weighted by atomic mass is 9.95. The third-order valence-corrected chi connectivity index (χ3v) is 4.06. The molecule has 1 aromatic rings. The summed E-state index contributed by atoms with van der Waals surface area (Å²) in [5.74, 6) is 0.799. The van der Waals surface area contributed by atoms with Crippen LogP contribution < -0.4 is 4.74 Å². The van der Waals surface area contributed by atoms with E-state index in [1.165, 1.54) is 7.11 Å². The first-order valence-electron chi connectivity index (χ1n) is 8.94. The molecule has 0 amide bonds. The first kappa shape index (κ1) is 23.3. The van der Waals surface area contributed by atoms with Crippen molar-refractivity contribution >= 4 is 0 Å². The van der Waals surface area contributed by atoms with Gasteiger partial charge in [-0.2, -0.15) is 0 Å². The van der Waals surface area contributed by atoms with Crippen molar-refractivity contribution in [1.29, 1.82) is 0 Å². The highest BCUT2D eigenvalue weighted by Gasteiger charge is 2.30. The van der Waals surface area contributed by atoms with E-state index in [-0.39, 0.29) is 6.79 Å². The summed E-state index contributed by atoms with van der Waals surface area (Å²) < 4.78 is 21.4. The van der Waals surface area contributed by atoms with Crippen LogP contribution in [0.5, 0.6) is 5.75 Å². The van der Waals surface area contributed by atoms with Gasteiger partial charge in [-0.1, -0.05) is 30.4 Å². The SMILES string of the molecule is C=CC[C@@H](O)/C=C/[C@@](C)(O)[C@@H](CCOCc1ccc(OC)cc1)OCOC. The molecule has 0 heterocycles. The van der Waals surface area contributed by atoms with E-state index in [9.17, 15) is 10.2 Å². The highest BCUT2D eigenvalue weighted by molar-refractivity contribution is 5.26. The van der Waals surface area contributed by atoms with Crippen molar-refractivity contribution in [3.05, 3.63) is 54.6 Å². The first-order valence-corrected chi connectivity index (χ1v) is 8.94. The zero-order valence-electron chi connectivity index (χ0n) is 16.5. The van der Waals surface area contributed by atoms with Crippen LogP contribution in [0, 0.1) is 0 Å². The van der Waals surface area contributed by atoms with Gasteiger partial charge < -0.3 is 29.2 Å². The third kappa shape index (κ3) is 9.17. The number of methoxy groups -OCH3 is 2. The van der Waals surface area contributed by atoms with Crippen LogP contribution in [0.25, 0.3) is 0 Å². The fourth-order valence-electron chi connectivity index (χ4n) is 2.46. The molecule has 1 aromatic carbocycles. The average molecular weight is 380 g/mol. The monoisotopic (exact) mass is 380 g/mol. The highest BCUT2D eigenvalue weighted by atomic mass is 16.7. The molecule has 6 heteroatoms. The largest absolute Gasteiger partial charge is 0.497 e. The molecule has 152 valence electrons. The molecule has 27 heavy (non-hydrogen) atoms. The predicted molar refractivity (Wildman–Crippen MR) is 105 cm³/mol. The maximum atomic E-state index is 10.7. The molecular formula is C21H32O6. The van der Waals surface area contributed by atoms with Gasteiger partial charge in [-0.05, 0) is 31.0 Å². The molecule has 0 bridgehead atoms. The van der Waals surface area contributed by atoms with E-state index in [1.54, 1.807) is 32.3 Å². The molecule has 0 saturated carbocycles. The van der Waals surface area contributed by atoms with Crippen molar-refractivity contribution in [1.82, 2.24) is 0 Å². The fraction of sp³-hybridized carbons (Fsp3) is 0.524. The molecule has 2 N–H and O–H groups in total. The van der Waals surface area contributed by atoms with E-state index in [0.29, 0.717) is 26.1 Å². The van der Waals surface area contributed by atoms with Gasteiger partial charge in [-0.3, -0.25) is 0 Å². The molecular weight excluding hydrogens is 348 g/mol. The molecule has 1 rings (SSSR count). The lowest BCUT2D eigenvalue weighted by Gasteiger charge is -2.30. The van der Waals surface area contributed by atoms with Crippen LogP contribution in [0.15, 0.2) is 49.1 Å². The molecule has 0 unspecified atom stereocenters. The molecule has 0 spiro atoms. The molecule has 0 aliphatic rings. The van der Waals surface area contributed by atoms with Gasteiger partial charge in [0.2, 0.25) is 0 Å². The maximum absolute atomic E-state index is 10.7. The Morgan fingerprint density at radius 3 is 2.52 bits per heavy atom. The predicted octanol–water partition coefficient (Wildman–Crippen LogP) is 2.84. The van der Waals surface area contributed by atoms with Crippen LogP contribution in [-0.4, -0.2) is 55.6 Å². The van der Waals surface area contributed by atoms with E-state index >= 15 is 0 Å². The van der Waals surface area contributed by atoms with Gasteiger partial charge in [0.15, 0.2) is 0 Å². The summed E-state index contributed by atoms with van der Waals surface area (Å²) in [6.45, 7) is 6.13. The summed E-state index contributed by atoms with van der Waals surface area (Å²) in [7, 11) is 3.15. The van der Waals surface area contributed by atoms with Crippen molar-refractivity contribution in [3.63, 3.8) is 0 Å². The first-order chi connectivity index (χ1) is 12.9. The van der Waals surface area contributed by atoms with Crippen molar-refractivity contribution in [3.8, 4) is 5.75 Å². The maximum Gasteiger partial charge on any atom is 0.146 e. The summed E-state index contributed by atoms with van der Waals surface area (Å²) in [4.78, 5) is 0. The Labute approximate surface area is 162 Å². The summed E-state index contributed by atoms with van der Waals surface area (Å²) >= 11 is 0. The van der Waals surface area contributed by atoms with E-state index in [4.69, 9.17) is 18.9 Å². The normalized spacial score (nSPS) is 16.0. The van der Waals surface area contributed by atoms with Gasteiger partial charge in [0.25, 0.3) is 0 Å². The van der Waals surface area contributed by atoms with Crippen molar-refractivity contribution in [2.24, 2.45) is 0 Å². The number of aliphatic hydroxyl groups is 2. The van der Waals surface area contributed by atoms with E-state index in [1.807, 2.05) is 24.3 Å². The van der Waals surface area contributed by atoms with Crippen LogP contribution >= 0.6 is 0 Å². The molecule has 0 aliphatic carbocycles. The van der Waals surface area contributed by atoms with Crippen LogP contribution in [0.3, 0.4) is 0 Å². The Morgan fingerprint density at radius 1 is 1.22 bits per heavy atom. The smallest absolute Gasteiger partial charge is 0.146 e. The summed E-state index contributed by atoms with van der Waals surface area (Å²) in [6.07, 6.45) is 4.36. The van der Waals surface area contributed by atoms with E-state index in [0.717, 1.165) is 11.3 Å². The third-order valence-electron chi connectivity index (χ3n) is 4.06. The number of ether oxygens (including phenoxy) is 4. The van der Waals surface area contributed by atoms with Crippen LogP contribution in [0.1, 0.15) is 25.3 Å². The minimum absolute atomic E-state index is 0.0579. The van der Waals surface area contributed by atoms with E-state index in [2.05, 4.69) is 6.58 Å². The average Bonchev–Trinajstić information content (AvgIpc) is 2.66. The topological polar surface area (TPSA) is 77.4 Å². The fourth-order valence-corrected chi connectivity index (χ4v) is 2.46. The van der Waals surface area contributed by atoms with Crippen molar-refractivity contribution in [2.75, 3.05) is 27.6 Å². The van der Waals surface area contributed by atoms with Crippen LogP contribution in [0.2, 0.25) is 0 Å². The zero-order chi connectivity index (χ0) is 20.1. The molecule has 6 nitrogen and oxygen atoms in total. The highest BCUT2D eigenvalue weighted by Crippen LogP contribution is 2.20. The Kier molecular flexibility index (Phi) is 10.9. The lowest BCUT2D eigenvalue weighted by molar-refractivity contribution is -0.140.